The smallest absolute Gasteiger partial charge is 0.247 e. The van der Waals surface area contributed by atoms with Crippen LogP contribution in [-0.2, 0) is 16.0 Å². The molecule has 0 atom stereocenters. The van der Waals surface area contributed by atoms with E-state index in [1.165, 1.54) is 24.3 Å². The maximum absolute atomic E-state index is 13.7. The van der Waals surface area contributed by atoms with Gasteiger partial charge in [0.2, 0.25) is 11.8 Å². The van der Waals surface area contributed by atoms with E-state index in [0.29, 0.717) is 16.8 Å². The molecular formula is C19H15F2N3O2. The third kappa shape index (κ3) is 3.77. The summed E-state index contributed by atoms with van der Waals surface area (Å²) in [6, 6.07) is 8.13. The van der Waals surface area contributed by atoms with Crippen LogP contribution < -0.4 is 10.6 Å². The molecule has 3 rings (SSSR count). The number of carbonyl (C=O) groups is 2. The molecule has 26 heavy (non-hydrogen) atoms. The standard InChI is InChI=1S/C19H15F2N3O2/c1-2-18(25)24-17-9-13(4-6-15(17)21)23-19(26)7-11-10-22-16-8-12(20)3-5-14(11)16/h2-6,8-10,22H,1,7H2,(H,23,26)(H,24,25). The molecule has 0 aliphatic heterocycles. The zero-order valence-corrected chi connectivity index (χ0v) is 13.6. The Morgan fingerprint density at radius 2 is 1.92 bits per heavy atom. The number of halogens is 2. The van der Waals surface area contributed by atoms with Crippen LogP contribution in [0.4, 0.5) is 20.2 Å². The molecule has 0 saturated heterocycles. The van der Waals surface area contributed by atoms with E-state index in [-0.39, 0.29) is 23.8 Å². The first-order valence-corrected chi connectivity index (χ1v) is 7.74. The fourth-order valence-corrected chi connectivity index (χ4v) is 2.57. The van der Waals surface area contributed by atoms with E-state index in [0.717, 1.165) is 17.5 Å². The summed E-state index contributed by atoms with van der Waals surface area (Å²) in [5.74, 6) is -1.88. The largest absolute Gasteiger partial charge is 0.361 e. The lowest BCUT2D eigenvalue weighted by molar-refractivity contribution is -0.115. The predicted octanol–water partition coefficient (Wildman–Crippen LogP) is 3.75. The number of fused-ring (bicyclic) bond motifs is 1. The van der Waals surface area contributed by atoms with E-state index < -0.39 is 11.7 Å². The van der Waals surface area contributed by atoms with Gasteiger partial charge in [-0.1, -0.05) is 6.58 Å². The van der Waals surface area contributed by atoms with Gasteiger partial charge in [0, 0.05) is 22.8 Å². The third-order valence-corrected chi connectivity index (χ3v) is 3.77. The van der Waals surface area contributed by atoms with Crippen LogP contribution >= 0.6 is 0 Å². The number of amides is 2. The fraction of sp³-hybridized carbons (Fsp3) is 0.0526. The third-order valence-electron chi connectivity index (χ3n) is 3.77. The van der Waals surface area contributed by atoms with Crippen LogP contribution in [0.3, 0.4) is 0 Å². The van der Waals surface area contributed by atoms with Gasteiger partial charge in [-0.3, -0.25) is 9.59 Å². The Bertz CT molecular complexity index is 1010. The molecule has 2 amide bonds. The summed E-state index contributed by atoms with van der Waals surface area (Å²) in [6.07, 6.45) is 2.71. The van der Waals surface area contributed by atoms with Crippen LogP contribution in [0, 0.1) is 11.6 Å². The number of aromatic nitrogens is 1. The highest BCUT2D eigenvalue weighted by atomic mass is 19.1. The van der Waals surface area contributed by atoms with Gasteiger partial charge in [-0.25, -0.2) is 8.78 Å². The van der Waals surface area contributed by atoms with Crippen LogP contribution in [0.1, 0.15) is 5.56 Å². The van der Waals surface area contributed by atoms with Crippen molar-refractivity contribution < 1.29 is 18.4 Å². The maximum atomic E-state index is 13.7. The van der Waals surface area contributed by atoms with Gasteiger partial charge in [-0.05, 0) is 48.0 Å². The van der Waals surface area contributed by atoms with Gasteiger partial charge in [0.1, 0.15) is 11.6 Å². The van der Waals surface area contributed by atoms with Gasteiger partial charge in [-0.15, -0.1) is 0 Å². The summed E-state index contributed by atoms with van der Waals surface area (Å²) in [4.78, 5) is 26.5. The van der Waals surface area contributed by atoms with Crippen LogP contribution in [0.15, 0.2) is 55.3 Å². The van der Waals surface area contributed by atoms with Gasteiger partial charge < -0.3 is 15.6 Å². The minimum Gasteiger partial charge on any atom is -0.361 e. The lowest BCUT2D eigenvalue weighted by atomic mass is 10.1. The van der Waals surface area contributed by atoms with E-state index in [9.17, 15) is 18.4 Å². The molecule has 3 aromatic rings. The molecule has 7 heteroatoms. The topological polar surface area (TPSA) is 74.0 Å². The molecule has 0 aliphatic carbocycles. The number of nitrogens with one attached hydrogen (secondary N) is 3. The Hall–Kier alpha value is -3.48. The number of rotatable bonds is 5. The number of anilines is 2. The van der Waals surface area contributed by atoms with Gasteiger partial charge in [0.25, 0.3) is 0 Å². The first-order chi connectivity index (χ1) is 12.5. The molecule has 2 aromatic carbocycles. The second-order valence-electron chi connectivity index (χ2n) is 5.62. The number of benzene rings is 2. The van der Waals surface area contributed by atoms with Crippen molar-refractivity contribution in [1.82, 2.24) is 4.98 Å². The highest BCUT2D eigenvalue weighted by Gasteiger charge is 2.11. The summed E-state index contributed by atoms with van der Waals surface area (Å²) in [7, 11) is 0. The van der Waals surface area contributed by atoms with Crippen molar-refractivity contribution >= 4 is 34.1 Å². The highest BCUT2D eigenvalue weighted by molar-refractivity contribution is 6.00. The lowest BCUT2D eigenvalue weighted by Crippen LogP contribution is -2.15. The molecule has 0 radical (unpaired) electrons. The second kappa shape index (κ2) is 7.18. The Balaban J connectivity index is 1.74. The molecule has 0 spiro atoms. The molecule has 0 aliphatic rings. The van der Waals surface area contributed by atoms with Crippen molar-refractivity contribution in [2.75, 3.05) is 10.6 Å². The molecule has 0 unspecified atom stereocenters. The molecule has 3 N–H and O–H groups in total. The van der Waals surface area contributed by atoms with Crippen molar-refractivity contribution in [3.05, 3.63) is 72.4 Å². The molecular weight excluding hydrogens is 340 g/mol. The second-order valence-corrected chi connectivity index (χ2v) is 5.62. The number of H-pyrrole nitrogens is 1. The van der Waals surface area contributed by atoms with Gasteiger partial charge in [0.15, 0.2) is 0 Å². The monoisotopic (exact) mass is 355 g/mol. The van der Waals surface area contributed by atoms with E-state index >= 15 is 0 Å². The van der Waals surface area contributed by atoms with Gasteiger partial charge in [0.05, 0.1) is 12.1 Å². The minimum atomic E-state index is -0.628. The van der Waals surface area contributed by atoms with Crippen molar-refractivity contribution in [2.45, 2.75) is 6.42 Å². The zero-order valence-electron chi connectivity index (χ0n) is 13.6. The highest BCUT2D eigenvalue weighted by Crippen LogP contribution is 2.22. The summed E-state index contributed by atoms with van der Waals surface area (Å²) < 4.78 is 26.9. The van der Waals surface area contributed by atoms with Crippen molar-refractivity contribution in [1.29, 1.82) is 0 Å². The summed E-state index contributed by atoms with van der Waals surface area (Å²) >= 11 is 0. The average Bonchev–Trinajstić information content (AvgIpc) is 2.99. The average molecular weight is 355 g/mol. The Kier molecular flexibility index (Phi) is 4.79. The summed E-state index contributed by atoms with van der Waals surface area (Å²) in [5.41, 5.74) is 1.58. The normalized spacial score (nSPS) is 10.5. The quantitative estimate of drug-likeness (QED) is 0.610. The SMILES string of the molecule is C=CC(=O)Nc1cc(NC(=O)Cc2c[nH]c3cc(F)ccc23)ccc1F. The number of hydrogen-bond donors (Lipinski definition) is 3. The van der Waals surface area contributed by atoms with Gasteiger partial charge in [-0.2, -0.15) is 0 Å². The molecule has 5 nitrogen and oxygen atoms in total. The molecule has 132 valence electrons. The molecule has 1 aromatic heterocycles. The predicted molar refractivity (Wildman–Crippen MR) is 95.8 cm³/mol. The van der Waals surface area contributed by atoms with E-state index in [1.54, 1.807) is 12.3 Å². The van der Waals surface area contributed by atoms with Crippen molar-refractivity contribution in [3.8, 4) is 0 Å². The summed E-state index contributed by atoms with van der Waals surface area (Å²) in [6.45, 7) is 3.30. The van der Waals surface area contributed by atoms with Crippen LogP contribution in [0.25, 0.3) is 10.9 Å². The molecule has 0 bridgehead atoms. The maximum Gasteiger partial charge on any atom is 0.247 e. The Morgan fingerprint density at radius 3 is 2.69 bits per heavy atom. The number of carbonyl (C=O) groups excluding carboxylic acids is 2. The van der Waals surface area contributed by atoms with Crippen LogP contribution in [0.5, 0.6) is 0 Å². The first-order valence-electron chi connectivity index (χ1n) is 7.74. The van der Waals surface area contributed by atoms with Gasteiger partial charge >= 0.3 is 0 Å². The lowest BCUT2D eigenvalue weighted by Gasteiger charge is -2.09. The first kappa shape index (κ1) is 17.3. The number of aromatic amines is 1. The van der Waals surface area contributed by atoms with E-state index in [1.807, 2.05) is 0 Å². The molecule has 1 heterocycles. The summed E-state index contributed by atoms with van der Waals surface area (Å²) in [5, 5.41) is 5.72. The molecule has 0 saturated carbocycles. The van der Waals surface area contributed by atoms with Crippen molar-refractivity contribution in [3.63, 3.8) is 0 Å². The molecule has 0 fully saturated rings. The fourth-order valence-electron chi connectivity index (χ4n) is 2.57. The van der Waals surface area contributed by atoms with Crippen LogP contribution in [-0.4, -0.2) is 16.8 Å². The van der Waals surface area contributed by atoms with Crippen molar-refractivity contribution in [2.24, 2.45) is 0 Å². The van der Waals surface area contributed by atoms with E-state index in [4.69, 9.17) is 0 Å². The Labute approximate surface area is 147 Å². The Morgan fingerprint density at radius 1 is 1.12 bits per heavy atom. The minimum absolute atomic E-state index is 0.0529. The number of hydrogen-bond acceptors (Lipinski definition) is 2. The zero-order chi connectivity index (χ0) is 18.7. The van der Waals surface area contributed by atoms with E-state index in [2.05, 4.69) is 22.2 Å². The van der Waals surface area contributed by atoms with Crippen LogP contribution in [0.2, 0.25) is 0 Å².